The lowest BCUT2D eigenvalue weighted by Gasteiger charge is -2.07. The Labute approximate surface area is 85.6 Å². The van der Waals surface area contributed by atoms with Crippen molar-refractivity contribution < 1.29 is 18.3 Å². The number of aromatic amines is 1. The van der Waals surface area contributed by atoms with E-state index in [9.17, 15) is 13.2 Å². The van der Waals surface area contributed by atoms with E-state index >= 15 is 0 Å². The molecule has 1 amide bonds. The molecule has 1 atom stereocenters. The highest BCUT2D eigenvalue weighted by atomic mass is 32.2. The van der Waals surface area contributed by atoms with Crippen molar-refractivity contribution in [3.63, 3.8) is 0 Å². The molecule has 0 bridgehead atoms. The summed E-state index contributed by atoms with van der Waals surface area (Å²) >= 11 is 0. The van der Waals surface area contributed by atoms with Crippen LogP contribution in [0.1, 0.15) is 0 Å². The molecule has 0 aliphatic carbocycles. The van der Waals surface area contributed by atoms with Gasteiger partial charge in [0.25, 0.3) is 10.0 Å². The van der Waals surface area contributed by atoms with Crippen molar-refractivity contribution in [2.24, 2.45) is 5.73 Å². The van der Waals surface area contributed by atoms with Gasteiger partial charge >= 0.3 is 0 Å². The monoisotopic (exact) mass is 234 g/mol. The van der Waals surface area contributed by atoms with Crippen LogP contribution in [-0.4, -0.2) is 42.0 Å². The minimum atomic E-state index is -3.78. The summed E-state index contributed by atoms with van der Waals surface area (Å²) < 4.78 is 24.7. The molecular weight excluding hydrogens is 224 g/mol. The van der Waals surface area contributed by atoms with Gasteiger partial charge in [-0.2, -0.15) is 0 Å². The third kappa shape index (κ3) is 3.01. The Morgan fingerprint density at radius 1 is 1.73 bits per heavy atom. The molecule has 1 rings (SSSR count). The van der Waals surface area contributed by atoms with Crippen LogP contribution in [0.5, 0.6) is 0 Å². The smallest absolute Gasteiger partial charge is 0.257 e. The number of imidazole rings is 1. The van der Waals surface area contributed by atoms with Gasteiger partial charge in [-0.05, 0) is 0 Å². The van der Waals surface area contributed by atoms with Crippen LogP contribution in [-0.2, 0) is 14.8 Å². The normalized spacial score (nSPS) is 13.7. The van der Waals surface area contributed by atoms with E-state index in [-0.39, 0.29) is 5.03 Å². The number of primary amides is 1. The van der Waals surface area contributed by atoms with Crippen molar-refractivity contribution in [3.05, 3.63) is 12.5 Å². The first kappa shape index (κ1) is 11.6. The Morgan fingerprint density at radius 2 is 2.40 bits per heavy atom. The molecule has 1 unspecified atom stereocenters. The molecule has 0 saturated carbocycles. The molecule has 0 aromatic carbocycles. The molecule has 5 N–H and O–H groups in total. The maximum absolute atomic E-state index is 11.4. The third-order valence-electron chi connectivity index (χ3n) is 1.56. The van der Waals surface area contributed by atoms with E-state index in [4.69, 9.17) is 10.8 Å². The highest BCUT2D eigenvalue weighted by molar-refractivity contribution is 7.89. The van der Waals surface area contributed by atoms with E-state index < -0.39 is 28.6 Å². The van der Waals surface area contributed by atoms with Gasteiger partial charge in [-0.3, -0.25) is 4.79 Å². The molecule has 0 aliphatic rings. The number of hydrogen-bond donors (Lipinski definition) is 4. The van der Waals surface area contributed by atoms with E-state index in [1.807, 2.05) is 4.72 Å². The molecule has 0 radical (unpaired) electrons. The van der Waals surface area contributed by atoms with Crippen molar-refractivity contribution in [1.82, 2.24) is 14.7 Å². The number of sulfonamides is 1. The van der Waals surface area contributed by atoms with Crippen molar-refractivity contribution >= 4 is 15.9 Å². The summed E-state index contributed by atoms with van der Waals surface area (Å²) in [5.74, 6) is -0.998. The molecule has 1 heterocycles. The van der Waals surface area contributed by atoms with Crippen LogP contribution in [0.15, 0.2) is 17.6 Å². The van der Waals surface area contributed by atoms with Gasteiger partial charge in [-0.25, -0.2) is 18.1 Å². The molecule has 0 aliphatic heterocycles. The third-order valence-corrected chi connectivity index (χ3v) is 2.91. The Balaban J connectivity index is 2.63. The van der Waals surface area contributed by atoms with E-state index in [1.54, 1.807) is 0 Å². The number of nitrogens with zero attached hydrogens (tertiary/aromatic N) is 1. The Kier molecular flexibility index (Phi) is 3.39. The second kappa shape index (κ2) is 4.38. The summed E-state index contributed by atoms with van der Waals surface area (Å²) in [4.78, 5) is 16.3. The largest absolute Gasteiger partial charge is 0.382 e. The standard InChI is InChI=1S/C6H10N4O4S/c7-6(12)4(11)1-10-15(13,14)5-2-8-3-9-5/h2-4,10-11H,1H2,(H2,7,12)(H,8,9). The molecule has 9 heteroatoms. The fraction of sp³-hybridized carbons (Fsp3) is 0.333. The molecule has 0 spiro atoms. The summed E-state index contributed by atoms with van der Waals surface area (Å²) in [5.41, 5.74) is 4.74. The van der Waals surface area contributed by atoms with E-state index in [0.29, 0.717) is 0 Å². The van der Waals surface area contributed by atoms with Crippen LogP contribution < -0.4 is 10.5 Å². The summed E-state index contributed by atoms with van der Waals surface area (Å²) in [6.45, 7) is -0.476. The number of carbonyl (C=O) groups is 1. The maximum Gasteiger partial charge on any atom is 0.257 e. The number of amides is 1. The van der Waals surface area contributed by atoms with Gasteiger partial charge < -0.3 is 15.8 Å². The number of hydrogen-bond acceptors (Lipinski definition) is 5. The second-order valence-corrected chi connectivity index (χ2v) is 4.42. The summed E-state index contributed by atoms with van der Waals surface area (Å²) in [6, 6.07) is 0. The lowest BCUT2D eigenvalue weighted by molar-refractivity contribution is -0.125. The number of aromatic nitrogens is 2. The number of rotatable bonds is 5. The number of aliphatic hydroxyl groups excluding tert-OH is 1. The van der Waals surface area contributed by atoms with Crippen LogP contribution >= 0.6 is 0 Å². The summed E-state index contributed by atoms with van der Waals surface area (Å²) in [6.07, 6.45) is 0.737. The van der Waals surface area contributed by atoms with Gasteiger partial charge in [0.15, 0.2) is 5.03 Å². The zero-order valence-corrected chi connectivity index (χ0v) is 8.36. The summed E-state index contributed by atoms with van der Waals surface area (Å²) in [5, 5.41) is 8.81. The Morgan fingerprint density at radius 3 is 2.87 bits per heavy atom. The number of H-pyrrole nitrogens is 1. The number of aliphatic hydroxyl groups is 1. The van der Waals surface area contributed by atoms with Crippen LogP contribution in [0.4, 0.5) is 0 Å². The fourth-order valence-corrected chi connectivity index (χ4v) is 1.70. The topological polar surface area (TPSA) is 138 Å². The SMILES string of the molecule is NC(=O)C(O)CNS(=O)(=O)c1cnc[nH]1. The highest BCUT2D eigenvalue weighted by Gasteiger charge is 2.18. The van der Waals surface area contributed by atoms with Crippen LogP contribution in [0.3, 0.4) is 0 Å². The molecular formula is C6H10N4O4S. The van der Waals surface area contributed by atoms with Gasteiger partial charge in [0, 0.05) is 6.54 Å². The zero-order chi connectivity index (χ0) is 11.5. The average molecular weight is 234 g/mol. The van der Waals surface area contributed by atoms with Gasteiger partial charge in [0.05, 0.1) is 12.5 Å². The predicted molar refractivity (Wildman–Crippen MR) is 49.0 cm³/mol. The second-order valence-electron chi connectivity index (χ2n) is 2.69. The average Bonchev–Trinajstić information content (AvgIpc) is 2.67. The van der Waals surface area contributed by atoms with E-state index in [1.165, 1.54) is 6.33 Å². The van der Waals surface area contributed by atoms with Gasteiger partial charge in [-0.1, -0.05) is 0 Å². The fourth-order valence-electron chi connectivity index (χ4n) is 0.757. The predicted octanol–water partition coefficient (Wildman–Crippen LogP) is -2.47. The molecule has 15 heavy (non-hydrogen) atoms. The van der Waals surface area contributed by atoms with Crippen molar-refractivity contribution in [1.29, 1.82) is 0 Å². The number of nitrogens with two attached hydrogens (primary N) is 1. The molecule has 84 valence electrons. The molecule has 1 aromatic rings. The molecule has 1 aromatic heterocycles. The maximum atomic E-state index is 11.4. The van der Waals surface area contributed by atoms with Crippen molar-refractivity contribution in [2.75, 3.05) is 6.54 Å². The lowest BCUT2D eigenvalue weighted by Crippen LogP contribution is -2.40. The zero-order valence-electron chi connectivity index (χ0n) is 7.54. The minimum absolute atomic E-state index is 0.154. The van der Waals surface area contributed by atoms with Gasteiger partial charge in [0.1, 0.15) is 6.10 Å². The quantitative estimate of drug-likeness (QED) is 0.447. The first-order chi connectivity index (χ1) is 6.93. The van der Waals surface area contributed by atoms with Crippen LogP contribution in [0, 0.1) is 0 Å². The van der Waals surface area contributed by atoms with E-state index in [2.05, 4.69) is 9.97 Å². The number of carbonyl (C=O) groups excluding carboxylic acids is 1. The summed E-state index contributed by atoms with van der Waals surface area (Å²) in [7, 11) is -3.78. The number of nitrogens with one attached hydrogen (secondary N) is 2. The van der Waals surface area contributed by atoms with Gasteiger partial charge in [-0.15, -0.1) is 0 Å². The molecule has 0 saturated heterocycles. The van der Waals surface area contributed by atoms with Crippen LogP contribution in [0.2, 0.25) is 0 Å². The first-order valence-corrected chi connectivity index (χ1v) is 5.37. The van der Waals surface area contributed by atoms with Crippen molar-refractivity contribution in [3.8, 4) is 0 Å². The van der Waals surface area contributed by atoms with Crippen molar-refractivity contribution in [2.45, 2.75) is 11.1 Å². The Hall–Kier alpha value is -1.45. The Bertz CT molecular complexity index is 426. The van der Waals surface area contributed by atoms with Crippen LogP contribution in [0.25, 0.3) is 0 Å². The minimum Gasteiger partial charge on any atom is -0.382 e. The van der Waals surface area contributed by atoms with E-state index in [0.717, 1.165) is 6.20 Å². The molecule has 0 fully saturated rings. The first-order valence-electron chi connectivity index (χ1n) is 3.89. The lowest BCUT2D eigenvalue weighted by atomic mass is 10.3. The van der Waals surface area contributed by atoms with Gasteiger partial charge in [0.2, 0.25) is 5.91 Å². The highest BCUT2D eigenvalue weighted by Crippen LogP contribution is 2.01. The molecule has 8 nitrogen and oxygen atoms in total.